The number of alkyl carbamates (subject to hydrolysis) is 1. The number of anilines is 2. The number of nitrogens with zero attached hydrogens (tertiary/aromatic N) is 12. The van der Waals surface area contributed by atoms with Crippen molar-refractivity contribution in [2.45, 2.75) is 98.0 Å². The molecule has 6 aromatic rings. The van der Waals surface area contributed by atoms with Crippen LogP contribution in [-0.4, -0.2) is 101 Å². The molecule has 0 spiro atoms. The number of nitrogens with two attached hydrogens (primary N) is 1. The van der Waals surface area contributed by atoms with Gasteiger partial charge in [0.15, 0.2) is 11.4 Å². The van der Waals surface area contributed by atoms with Gasteiger partial charge in [-0.15, -0.1) is 12.4 Å². The zero-order valence-corrected chi connectivity index (χ0v) is 36.0. The summed E-state index contributed by atoms with van der Waals surface area (Å²) in [6, 6.07) is 9.42. The van der Waals surface area contributed by atoms with Gasteiger partial charge in [0.25, 0.3) is 0 Å². The highest BCUT2D eigenvalue weighted by Gasteiger charge is 2.34. The van der Waals surface area contributed by atoms with E-state index >= 15 is 0 Å². The first-order chi connectivity index (χ1) is 29.2. The standard InChI is InChI=1S/C24H28FN7O2.C19H20FN7.CH4.ClH/c1-15-11-27-21(28-12-15)14-32-20-10-16(26-5)6-7-18(20)29-22(32)31-9-8-17(25)19(13-31)30-23(33)34-24(2,3)4;1-12-8-23-18(24-9-12)11-27-17-7-13(22-2)3-4-16(17)25-19(27)26-6-5-14(20)15(21)10-26;;/h6-7,10-12,17,19H,8-9,13-14H2,1-4H3,(H,30,33);3-4,7-9,14-15H,5-6,10-11,21H2,1H3;1H4;1H/t17-,19-;14-,15-;;/m11../s1. The van der Waals surface area contributed by atoms with Crippen molar-refractivity contribution in [3.8, 4) is 0 Å². The Kier molecular flexibility index (Phi) is 15.2. The first-order valence-corrected chi connectivity index (χ1v) is 20.0. The number of aryl methyl sites for hydroxylation is 2. The highest BCUT2D eigenvalue weighted by Crippen LogP contribution is 2.31. The summed E-state index contributed by atoms with van der Waals surface area (Å²) in [5, 5.41) is 2.67. The second-order valence-electron chi connectivity index (χ2n) is 16.3. The number of aromatic nitrogens is 8. The molecule has 0 radical (unpaired) electrons. The molecule has 4 aromatic heterocycles. The summed E-state index contributed by atoms with van der Waals surface area (Å²) in [6.45, 7) is 26.2. The Morgan fingerprint density at radius 1 is 0.794 bits per heavy atom. The van der Waals surface area contributed by atoms with Gasteiger partial charge in [0.1, 0.15) is 29.6 Å². The van der Waals surface area contributed by atoms with E-state index in [1.165, 1.54) is 0 Å². The van der Waals surface area contributed by atoms with Crippen molar-refractivity contribution in [1.82, 2.24) is 44.4 Å². The second kappa shape index (κ2) is 20.1. The Balaban J connectivity index is 0.000000236. The number of piperidine rings is 2. The third-order valence-corrected chi connectivity index (χ3v) is 10.3. The Morgan fingerprint density at radius 2 is 1.24 bits per heavy atom. The molecule has 4 atom stereocenters. The number of hydrogen-bond donors (Lipinski definition) is 2. The van der Waals surface area contributed by atoms with Gasteiger partial charge in [0.05, 0.1) is 60.4 Å². The molecule has 2 aliphatic rings. The van der Waals surface area contributed by atoms with E-state index in [2.05, 4.69) is 34.9 Å². The van der Waals surface area contributed by atoms with Gasteiger partial charge in [0, 0.05) is 51.0 Å². The summed E-state index contributed by atoms with van der Waals surface area (Å²) in [6.07, 6.45) is 4.82. The number of alkyl halides is 2. The van der Waals surface area contributed by atoms with E-state index < -0.39 is 36.1 Å². The minimum absolute atomic E-state index is 0. The van der Waals surface area contributed by atoms with E-state index in [4.69, 9.17) is 33.6 Å². The number of benzene rings is 2. The Bertz CT molecular complexity index is 2600. The van der Waals surface area contributed by atoms with Crippen molar-refractivity contribution in [2.75, 3.05) is 36.0 Å². The van der Waals surface area contributed by atoms with Crippen LogP contribution in [0.15, 0.2) is 61.2 Å². The van der Waals surface area contributed by atoms with Crippen molar-refractivity contribution in [3.63, 3.8) is 0 Å². The first-order valence-electron chi connectivity index (χ1n) is 20.0. The van der Waals surface area contributed by atoms with E-state index in [-0.39, 0.29) is 32.8 Å². The summed E-state index contributed by atoms with van der Waals surface area (Å²) < 4.78 is 37.8. The van der Waals surface area contributed by atoms with Crippen molar-refractivity contribution in [1.29, 1.82) is 0 Å². The molecule has 6 heterocycles. The number of nitrogens with one attached hydrogen (secondary N) is 1. The van der Waals surface area contributed by atoms with E-state index in [1.54, 1.807) is 69.8 Å². The van der Waals surface area contributed by atoms with Gasteiger partial charge in [-0.05, 0) is 82.9 Å². The maximum Gasteiger partial charge on any atom is 0.408 e. The number of fused-ring (bicyclic) bond motifs is 2. The van der Waals surface area contributed by atoms with Crippen molar-refractivity contribution in [2.24, 2.45) is 5.73 Å². The molecule has 2 aromatic carbocycles. The molecule has 0 aliphatic carbocycles. The Labute approximate surface area is 372 Å². The summed E-state index contributed by atoms with van der Waals surface area (Å²) in [7, 11) is 0. The van der Waals surface area contributed by atoms with Crippen LogP contribution >= 0.6 is 12.4 Å². The third-order valence-electron chi connectivity index (χ3n) is 10.3. The van der Waals surface area contributed by atoms with Crippen molar-refractivity contribution < 1.29 is 18.3 Å². The van der Waals surface area contributed by atoms with Crippen LogP contribution in [0.3, 0.4) is 0 Å². The lowest BCUT2D eigenvalue weighted by Crippen LogP contribution is -2.55. The van der Waals surface area contributed by atoms with Crippen LogP contribution < -0.4 is 20.9 Å². The molecule has 19 heteroatoms. The van der Waals surface area contributed by atoms with Gasteiger partial charge in [-0.3, -0.25) is 0 Å². The van der Waals surface area contributed by atoms with Gasteiger partial charge < -0.3 is 34.7 Å². The molecule has 2 saturated heterocycles. The van der Waals surface area contributed by atoms with Crippen molar-refractivity contribution >= 4 is 63.8 Å². The number of rotatable bonds is 7. The predicted molar refractivity (Wildman–Crippen MR) is 242 cm³/mol. The number of carbonyl (C=O) groups excluding carboxylic acids is 1. The van der Waals surface area contributed by atoms with Crippen LogP contribution in [0.5, 0.6) is 0 Å². The minimum Gasteiger partial charge on any atom is -0.444 e. The SMILES string of the molecule is C.Cl.[C-]#[N+]c1ccc2nc(N3CC[C@@H](F)[C@H](N)C3)n(Cc3ncc(C)cn3)c2c1.[C-]#[N+]c1ccc2nc(N3CC[C@@H](F)[C@H](NC(=O)OC(C)(C)C)C3)n(Cc3ncc(C)cn3)c2c1. The first kappa shape index (κ1) is 47.5. The molecule has 2 fully saturated rings. The highest BCUT2D eigenvalue weighted by atomic mass is 35.5. The lowest BCUT2D eigenvalue weighted by molar-refractivity contribution is 0.0465. The van der Waals surface area contributed by atoms with Crippen LogP contribution in [0, 0.1) is 27.0 Å². The van der Waals surface area contributed by atoms with Crippen molar-refractivity contribution in [3.05, 3.63) is 107 Å². The Morgan fingerprint density at radius 3 is 1.67 bits per heavy atom. The van der Waals surface area contributed by atoms with E-state index in [9.17, 15) is 13.6 Å². The van der Waals surface area contributed by atoms with E-state index in [0.29, 0.717) is 79.6 Å². The van der Waals surface area contributed by atoms with Crippen LogP contribution in [-0.2, 0) is 17.8 Å². The maximum absolute atomic E-state index is 14.7. The lowest BCUT2D eigenvalue weighted by Gasteiger charge is -2.36. The number of imidazole rings is 2. The number of amides is 1. The fraction of sp³-hybridized carbons (Fsp3) is 0.432. The smallest absolute Gasteiger partial charge is 0.408 e. The van der Waals surface area contributed by atoms with Gasteiger partial charge >= 0.3 is 6.09 Å². The molecular weight excluding hydrogens is 830 g/mol. The zero-order valence-electron chi connectivity index (χ0n) is 35.2. The number of carbonyl (C=O) groups is 1. The predicted octanol–water partition coefficient (Wildman–Crippen LogP) is 7.84. The molecule has 3 N–H and O–H groups in total. The highest BCUT2D eigenvalue weighted by molar-refractivity contribution is 5.85. The minimum atomic E-state index is -1.20. The summed E-state index contributed by atoms with van der Waals surface area (Å²) in [5.74, 6) is 2.57. The fourth-order valence-electron chi connectivity index (χ4n) is 7.25. The average molecular weight is 883 g/mol. The van der Waals surface area contributed by atoms with Gasteiger partial charge in [-0.25, -0.2) is 53.2 Å². The topological polar surface area (TPSA) is 167 Å². The molecule has 8 rings (SSSR count). The third kappa shape index (κ3) is 11.3. The quantitative estimate of drug-likeness (QED) is 0.150. The zero-order chi connectivity index (χ0) is 43.4. The molecule has 16 nitrogen and oxygen atoms in total. The van der Waals surface area contributed by atoms with Crippen LogP contribution in [0.25, 0.3) is 31.8 Å². The molecule has 63 heavy (non-hydrogen) atoms. The molecule has 2 aliphatic heterocycles. The number of halogens is 3. The molecule has 0 bridgehead atoms. The average Bonchev–Trinajstić information content (AvgIpc) is 3.78. The molecular formula is C44H53ClF2N14O2. The fourth-order valence-corrected chi connectivity index (χ4v) is 7.25. The number of hydrogen-bond acceptors (Lipinski definition) is 11. The monoisotopic (exact) mass is 882 g/mol. The maximum atomic E-state index is 14.7. The van der Waals surface area contributed by atoms with Crippen LogP contribution in [0.4, 0.5) is 36.8 Å². The van der Waals surface area contributed by atoms with Gasteiger partial charge in [0.2, 0.25) is 11.9 Å². The molecule has 0 saturated carbocycles. The molecule has 0 unspecified atom stereocenters. The van der Waals surface area contributed by atoms with Gasteiger partial charge in [-0.2, -0.15) is 0 Å². The van der Waals surface area contributed by atoms with E-state index in [1.807, 2.05) is 44.9 Å². The Hall–Kier alpha value is -6.50. The second-order valence-corrected chi connectivity index (χ2v) is 16.3. The summed E-state index contributed by atoms with van der Waals surface area (Å²) >= 11 is 0. The lowest BCUT2D eigenvalue weighted by atomic mass is 10.0. The molecule has 1 amide bonds. The van der Waals surface area contributed by atoms with Gasteiger partial charge in [-0.1, -0.05) is 19.6 Å². The van der Waals surface area contributed by atoms with E-state index in [0.717, 1.165) is 27.7 Å². The van der Waals surface area contributed by atoms with Crippen LogP contribution in [0.2, 0.25) is 0 Å². The normalized spacial score (nSPS) is 18.6. The summed E-state index contributed by atoms with van der Waals surface area (Å²) in [4.78, 5) is 50.4. The summed E-state index contributed by atoms with van der Waals surface area (Å²) in [5.41, 5.74) is 11.3. The largest absolute Gasteiger partial charge is 0.444 e. The number of ether oxygens (including phenoxy) is 1. The molecule has 332 valence electrons. The van der Waals surface area contributed by atoms with Crippen LogP contribution in [0.1, 0.15) is 63.8 Å².